The molecule has 0 bridgehead atoms. The van der Waals surface area contributed by atoms with Crippen LogP contribution in [0.3, 0.4) is 0 Å². The van der Waals surface area contributed by atoms with Crippen LogP contribution in [0.15, 0.2) is 30.5 Å². The Morgan fingerprint density at radius 3 is 2.72 bits per heavy atom. The predicted octanol–water partition coefficient (Wildman–Crippen LogP) is 3.39. The summed E-state index contributed by atoms with van der Waals surface area (Å²) in [4.78, 5) is 17.6. The van der Waals surface area contributed by atoms with E-state index in [1.54, 1.807) is 12.1 Å². The van der Waals surface area contributed by atoms with Crippen molar-refractivity contribution in [1.29, 1.82) is 0 Å². The number of carbonyl (C=O) groups excluding carboxylic acids is 1. The van der Waals surface area contributed by atoms with Crippen LogP contribution >= 0.6 is 11.3 Å². The van der Waals surface area contributed by atoms with Crippen molar-refractivity contribution in [3.63, 3.8) is 0 Å². The van der Waals surface area contributed by atoms with Crippen molar-refractivity contribution in [2.75, 3.05) is 18.4 Å². The molecule has 0 unspecified atom stereocenters. The molecule has 134 valence electrons. The maximum atomic E-state index is 12.1. The van der Waals surface area contributed by atoms with E-state index < -0.39 is 6.61 Å². The summed E-state index contributed by atoms with van der Waals surface area (Å²) in [5.41, 5.74) is 0.717. The standard InChI is InChI=1S/C17H19F2N3O2S/c18-16(19)24-13-3-1-11(2-4-13)9-15(23)22-17-21-10-14(25-17)12-5-7-20-8-6-12/h1-4,10,12,16,20H,5-9H2,(H,21,22,23). The molecule has 5 nitrogen and oxygen atoms in total. The molecule has 1 aliphatic heterocycles. The van der Waals surface area contributed by atoms with E-state index in [0.717, 1.165) is 25.9 Å². The lowest BCUT2D eigenvalue weighted by Crippen LogP contribution is -2.26. The van der Waals surface area contributed by atoms with Crippen molar-refractivity contribution < 1.29 is 18.3 Å². The van der Waals surface area contributed by atoms with Gasteiger partial charge in [0, 0.05) is 11.1 Å². The second-order valence-corrected chi connectivity index (χ2v) is 6.90. The summed E-state index contributed by atoms with van der Waals surface area (Å²) in [5, 5.41) is 6.72. The van der Waals surface area contributed by atoms with Crippen LogP contribution in [-0.2, 0) is 11.2 Å². The van der Waals surface area contributed by atoms with Gasteiger partial charge in [0.25, 0.3) is 0 Å². The molecule has 2 aromatic rings. The maximum Gasteiger partial charge on any atom is 0.387 e. The molecule has 0 saturated carbocycles. The van der Waals surface area contributed by atoms with Gasteiger partial charge in [-0.1, -0.05) is 12.1 Å². The number of alkyl halides is 2. The zero-order chi connectivity index (χ0) is 17.6. The van der Waals surface area contributed by atoms with Gasteiger partial charge in [0.15, 0.2) is 5.13 Å². The van der Waals surface area contributed by atoms with Gasteiger partial charge >= 0.3 is 6.61 Å². The molecule has 1 aliphatic rings. The third-order valence-corrected chi connectivity index (χ3v) is 5.10. The molecule has 0 spiro atoms. The Morgan fingerprint density at radius 1 is 1.32 bits per heavy atom. The molecule has 1 fully saturated rings. The quantitative estimate of drug-likeness (QED) is 0.822. The summed E-state index contributed by atoms with van der Waals surface area (Å²) in [6.45, 7) is -0.835. The van der Waals surface area contributed by atoms with Gasteiger partial charge in [-0.3, -0.25) is 4.79 Å². The highest BCUT2D eigenvalue weighted by molar-refractivity contribution is 7.15. The van der Waals surface area contributed by atoms with E-state index in [-0.39, 0.29) is 18.1 Å². The number of carbonyl (C=O) groups is 1. The molecule has 3 rings (SSSR count). The van der Waals surface area contributed by atoms with Crippen molar-refractivity contribution in [3.05, 3.63) is 40.9 Å². The molecule has 0 aliphatic carbocycles. The lowest BCUT2D eigenvalue weighted by atomic mass is 9.97. The van der Waals surface area contributed by atoms with Gasteiger partial charge in [0.2, 0.25) is 5.91 Å². The number of thiazole rings is 1. The van der Waals surface area contributed by atoms with Gasteiger partial charge in [0.05, 0.1) is 6.42 Å². The van der Waals surface area contributed by atoms with Gasteiger partial charge in [-0.05, 0) is 49.5 Å². The fraction of sp³-hybridized carbons (Fsp3) is 0.412. The van der Waals surface area contributed by atoms with Crippen LogP contribution in [0, 0.1) is 0 Å². The lowest BCUT2D eigenvalue weighted by molar-refractivity contribution is -0.115. The Hall–Kier alpha value is -2.06. The summed E-state index contributed by atoms with van der Waals surface area (Å²) in [6.07, 6.45) is 4.16. The number of hydrogen-bond acceptors (Lipinski definition) is 5. The van der Waals surface area contributed by atoms with Gasteiger partial charge in [0.1, 0.15) is 5.75 Å². The first-order valence-corrected chi connectivity index (χ1v) is 8.92. The third-order valence-electron chi connectivity index (χ3n) is 4.02. The van der Waals surface area contributed by atoms with Crippen LogP contribution in [0.2, 0.25) is 0 Å². The average Bonchev–Trinajstić information content (AvgIpc) is 3.05. The number of benzene rings is 1. The maximum absolute atomic E-state index is 12.1. The van der Waals surface area contributed by atoms with Crippen LogP contribution < -0.4 is 15.4 Å². The lowest BCUT2D eigenvalue weighted by Gasteiger charge is -2.20. The molecule has 0 atom stereocenters. The first kappa shape index (κ1) is 17.8. The van der Waals surface area contributed by atoms with Gasteiger partial charge < -0.3 is 15.4 Å². The fourth-order valence-corrected chi connectivity index (χ4v) is 3.78. The SMILES string of the molecule is O=C(Cc1ccc(OC(F)F)cc1)Nc1ncc(C2CCNCC2)s1. The number of nitrogens with zero attached hydrogens (tertiary/aromatic N) is 1. The molecule has 2 N–H and O–H groups in total. The van der Waals surface area contributed by atoms with Crippen molar-refractivity contribution in [2.24, 2.45) is 0 Å². The number of hydrogen-bond donors (Lipinski definition) is 2. The number of amides is 1. The number of aromatic nitrogens is 1. The number of ether oxygens (including phenoxy) is 1. The summed E-state index contributed by atoms with van der Waals surface area (Å²) in [7, 11) is 0. The largest absolute Gasteiger partial charge is 0.435 e. The third kappa shape index (κ3) is 5.20. The van der Waals surface area contributed by atoms with E-state index in [1.165, 1.54) is 28.3 Å². The number of piperidine rings is 1. The first-order chi connectivity index (χ1) is 12.1. The Bertz CT molecular complexity index is 700. The molecule has 1 aromatic carbocycles. The second-order valence-electron chi connectivity index (χ2n) is 5.84. The number of anilines is 1. The van der Waals surface area contributed by atoms with Crippen LogP contribution in [-0.4, -0.2) is 30.6 Å². The van der Waals surface area contributed by atoms with Crippen LogP contribution in [0.5, 0.6) is 5.75 Å². The molecular weight excluding hydrogens is 348 g/mol. The summed E-state index contributed by atoms with van der Waals surface area (Å²) in [6, 6.07) is 6.04. The van der Waals surface area contributed by atoms with Crippen LogP contribution in [0.1, 0.15) is 29.2 Å². The van der Waals surface area contributed by atoms with E-state index in [9.17, 15) is 13.6 Å². The summed E-state index contributed by atoms with van der Waals surface area (Å²) < 4.78 is 28.5. The molecule has 2 heterocycles. The molecule has 8 heteroatoms. The van der Waals surface area contributed by atoms with Crippen LogP contribution in [0.4, 0.5) is 13.9 Å². The monoisotopic (exact) mass is 367 g/mol. The van der Waals surface area contributed by atoms with Gasteiger partial charge in [-0.15, -0.1) is 11.3 Å². The normalized spacial score (nSPS) is 15.3. The molecule has 25 heavy (non-hydrogen) atoms. The molecular formula is C17H19F2N3O2S. The van der Waals surface area contributed by atoms with Crippen molar-refractivity contribution in [1.82, 2.24) is 10.3 Å². The Morgan fingerprint density at radius 2 is 2.04 bits per heavy atom. The second kappa shape index (κ2) is 8.35. The van der Waals surface area contributed by atoms with Crippen molar-refractivity contribution in [3.8, 4) is 5.75 Å². The summed E-state index contributed by atoms with van der Waals surface area (Å²) in [5.74, 6) is 0.395. The molecule has 1 aromatic heterocycles. The highest BCUT2D eigenvalue weighted by atomic mass is 32.1. The zero-order valence-corrected chi connectivity index (χ0v) is 14.3. The smallest absolute Gasteiger partial charge is 0.387 e. The van der Waals surface area contributed by atoms with E-state index in [0.29, 0.717) is 16.6 Å². The highest BCUT2D eigenvalue weighted by Gasteiger charge is 2.18. The Kier molecular flexibility index (Phi) is 5.93. The van der Waals surface area contributed by atoms with E-state index in [2.05, 4.69) is 20.4 Å². The highest BCUT2D eigenvalue weighted by Crippen LogP contribution is 2.31. The topological polar surface area (TPSA) is 63.2 Å². The van der Waals surface area contributed by atoms with E-state index in [4.69, 9.17) is 0 Å². The minimum Gasteiger partial charge on any atom is -0.435 e. The number of halogens is 2. The molecule has 1 saturated heterocycles. The zero-order valence-electron chi connectivity index (χ0n) is 13.5. The Balaban J connectivity index is 1.53. The predicted molar refractivity (Wildman–Crippen MR) is 92.4 cm³/mol. The number of nitrogens with one attached hydrogen (secondary N) is 2. The Labute approximate surface area is 148 Å². The van der Waals surface area contributed by atoms with Gasteiger partial charge in [-0.25, -0.2) is 4.98 Å². The summed E-state index contributed by atoms with van der Waals surface area (Å²) >= 11 is 1.51. The molecule has 0 radical (unpaired) electrons. The van der Waals surface area contributed by atoms with Crippen molar-refractivity contribution >= 4 is 22.4 Å². The van der Waals surface area contributed by atoms with E-state index in [1.807, 2.05) is 6.20 Å². The molecule has 1 amide bonds. The van der Waals surface area contributed by atoms with Crippen LogP contribution in [0.25, 0.3) is 0 Å². The average molecular weight is 367 g/mol. The van der Waals surface area contributed by atoms with E-state index >= 15 is 0 Å². The number of rotatable bonds is 6. The first-order valence-electron chi connectivity index (χ1n) is 8.10. The minimum atomic E-state index is -2.85. The minimum absolute atomic E-state index is 0.0747. The van der Waals surface area contributed by atoms with Crippen molar-refractivity contribution in [2.45, 2.75) is 31.8 Å². The fourth-order valence-electron chi connectivity index (χ4n) is 2.78. The van der Waals surface area contributed by atoms with Gasteiger partial charge in [-0.2, -0.15) is 8.78 Å².